The number of fused-ring (bicyclic) bond motifs is 1. The standard InChI is InChI=1S/C17H25NO2/c1-2-13-6-8-15(9-7-13)18-12-14-4-3-5-16-17(14)20-11-10-19-16/h3-5,13,15,18H,2,6-12H2,1H3. The molecule has 1 saturated carbocycles. The van der Waals surface area contributed by atoms with Gasteiger partial charge in [0.05, 0.1) is 0 Å². The topological polar surface area (TPSA) is 30.5 Å². The van der Waals surface area contributed by atoms with Gasteiger partial charge in [0.25, 0.3) is 0 Å². The lowest BCUT2D eigenvalue weighted by Crippen LogP contribution is -2.33. The number of benzene rings is 1. The average molecular weight is 275 g/mol. The molecule has 1 aromatic rings. The summed E-state index contributed by atoms with van der Waals surface area (Å²) in [6, 6.07) is 6.85. The molecule has 1 fully saturated rings. The highest BCUT2D eigenvalue weighted by atomic mass is 16.6. The Bertz CT molecular complexity index is 439. The third-order valence-electron chi connectivity index (χ3n) is 4.65. The number of rotatable bonds is 4. The number of ether oxygens (including phenoxy) is 2. The van der Waals surface area contributed by atoms with Gasteiger partial charge in [-0.15, -0.1) is 0 Å². The second-order valence-electron chi connectivity index (χ2n) is 5.95. The quantitative estimate of drug-likeness (QED) is 0.912. The fourth-order valence-electron chi connectivity index (χ4n) is 3.30. The monoisotopic (exact) mass is 275 g/mol. The minimum Gasteiger partial charge on any atom is -0.486 e. The van der Waals surface area contributed by atoms with Gasteiger partial charge < -0.3 is 14.8 Å². The summed E-state index contributed by atoms with van der Waals surface area (Å²) >= 11 is 0. The highest BCUT2D eigenvalue weighted by molar-refractivity contribution is 5.47. The van der Waals surface area contributed by atoms with Crippen LogP contribution in [0.15, 0.2) is 18.2 Å². The molecule has 1 aliphatic carbocycles. The Morgan fingerprint density at radius 2 is 1.90 bits per heavy atom. The van der Waals surface area contributed by atoms with E-state index in [9.17, 15) is 0 Å². The van der Waals surface area contributed by atoms with Crippen molar-refractivity contribution >= 4 is 0 Å². The maximum Gasteiger partial charge on any atom is 0.165 e. The Morgan fingerprint density at radius 1 is 1.10 bits per heavy atom. The van der Waals surface area contributed by atoms with Gasteiger partial charge in [0.15, 0.2) is 11.5 Å². The van der Waals surface area contributed by atoms with Crippen molar-refractivity contribution in [2.24, 2.45) is 5.92 Å². The predicted molar refractivity (Wildman–Crippen MR) is 80.3 cm³/mol. The van der Waals surface area contributed by atoms with Crippen LogP contribution >= 0.6 is 0 Å². The lowest BCUT2D eigenvalue weighted by molar-refractivity contribution is 0.169. The zero-order valence-corrected chi connectivity index (χ0v) is 12.4. The SMILES string of the molecule is CCC1CCC(NCc2cccc3c2OCCO3)CC1. The first-order chi connectivity index (χ1) is 9.86. The van der Waals surface area contributed by atoms with E-state index in [1.165, 1.54) is 37.7 Å². The van der Waals surface area contributed by atoms with Gasteiger partial charge in [-0.25, -0.2) is 0 Å². The first-order valence-electron chi connectivity index (χ1n) is 7.97. The molecule has 0 radical (unpaired) electrons. The first kappa shape index (κ1) is 13.7. The first-order valence-corrected chi connectivity index (χ1v) is 7.97. The number of hydrogen-bond donors (Lipinski definition) is 1. The van der Waals surface area contributed by atoms with Crippen LogP contribution in [0.2, 0.25) is 0 Å². The number of para-hydroxylation sites is 1. The van der Waals surface area contributed by atoms with Crippen molar-refractivity contribution in [1.82, 2.24) is 5.32 Å². The molecule has 1 aliphatic heterocycles. The summed E-state index contributed by atoms with van der Waals surface area (Å²) in [7, 11) is 0. The van der Waals surface area contributed by atoms with Gasteiger partial charge in [-0.3, -0.25) is 0 Å². The molecule has 0 spiro atoms. The third kappa shape index (κ3) is 3.09. The summed E-state index contributed by atoms with van der Waals surface area (Å²) in [6.45, 7) is 4.51. The van der Waals surface area contributed by atoms with Gasteiger partial charge in [-0.05, 0) is 37.7 Å². The summed E-state index contributed by atoms with van der Waals surface area (Å²) in [6.07, 6.45) is 6.71. The molecule has 20 heavy (non-hydrogen) atoms. The predicted octanol–water partition coefficient (Wildman–Crippen LogP) is 3.52. The van der Waals surface area contributed by atoms with Crippen molar-refractivity contribution in [3.63, 3.8) is 0 Å². The number of hydrogen-bond acceptors (Lipinski definition) is 3. The summed E-state index contributed by atoms with van der Waals surface area (Å²) in [5, 5.41) is 3.70. The molecule has 0 unspecified atom stereocenters. The Kier molecular flexibility index (Phi) is 4.46. The third-order valence-corrected chi connectivity index (χ3v) is 4.65. The Labute approximate surface area is 121 Å². The van der Waals surface area contributed by atoms with E-state index in [0.29, 0.717) is 19.3 Å². The van der Waals surface area contributed by atoms with E-state index in [1.807, 2.05) is 6.07 Å². The van der Waals surface area contributed by atoms with Crippen LogP contribution in [0.3, 0.4) is 0 Å². The van der Waals surface area contributed by atoms with E-state index >= 15 is 0 Å². The molecule has 0 aromatic heterocycles. The molecule has 1 aromatic carbocycles. The van der Waals surface area contributed by atoms with Gasteiger partial charge in [-0.2, -0.15) is 0 Å². The summed E-state index contributed by atoms with van der Waals surface area (Å²) in [5.41, 5.74) is 1.22. The van der Waals surface area contributed by atoms with Crippen LogP contribution in [0.25, 0.3) is 0 Å². The maximum atomic E-state index is 5.76. The molecule has 2 aliphatic rings. The zero-order chi connectivity index (χ0) is 13.8. The number of nitrogens with one attached hydrogen (secondary N) is 1. The normalized spacial score (nSPS) is 25.4. The fraction of sp³-hybridized carbons (Fsp3) is 0.647. The van der Waals surface area contributed by atoms with Crippen molar-refractivity contribution in [2.75, 3.05) is 13.2 Å². The van der Waals surface area contributed by atoms with E-state index in [2.05, 4.69) is 24.4 Å². The van der Waals surface area contributed by atoms with Crippen LogP contribution in [0.5, 0.6) is 11.5 Å². The second-order valence-corrected chi connectivity index (χ2v) is 5.95. The Hall–Kier alpha value is -1.22. The smallest absolute Gasteiger partial charge is 0.165 e. The van der Waals surface area contributed by atoms with Crippen molar-refractivity contribution in [2.45, 2.75) is 51.6 Å². The van der Waals surface area contributed by atoms with E-state index in [1.54, 1.807) is 0 Å². The van der Waals surface area contributed by atoms with Crippen LogP contribution in [-0.4, -0.2) is 19.3 Å². The summed E-state index contributed by atoms with van der Waals surface area (Å²) < 4.78 is 11.4. The molecule has 3 nitrogen and oxygen atoms in total. The molecule has 0 amide bonds. The Balaban J connectivity index is 1.56. The van der Waals surface area contributed by atoms with Crippen molar-refractivity contribution in [3.05, 3.63) is 23.8 Å². The minimum atomic E-state index is 0.658. The van der Waals surface area contributed by atoms with E-state index < -0.39 is 0 Å². The largest absolute Gasteiger partial charge is 0.486 e. The fourth-order valence-corrected chi connectivity index (χ4v) is 3.30. The second kappa shape index (κ2) is 6.49. The highest BCUT2D eigenvalue weighted by Gasteiger charge is 2.21. The van der Waals surface area contributed by atoms with Crippen LogP contribution in [0.4, 0.5) is 0 Å². The molecule has 110 valence electrons. The molecule has 0 atom stereocenters. The lowest BCUT2D eigenvalue weighted by Gasteiger charge is -2.29. The van der Waals surface area contributed by atoms with Crippen LogP contribution in [0, 0.1) is 5.92 Å². The lowest BCUT2D eigenvalue weighted by atomic mass is 9.84. The summed E-state index contributed by atoms with van der Waals surface area (Å²) in [5.74, 6) is 2.79. The summed E-state index contributed by atoms with van der Waals surface area (Å²) in [4.78, 5) is 0. The van der Waals surface area contributed by atoms with E-state index in [-0.39, 0.29) is 0 Å². The van der Waals surface area contributed by atoms with E-state index in [4.69, 9.17) is 9.47 Å². The van der Waals surface area contributed by atoms with Gasteiger partial charge in [-0.1, -0.05) is 25.5 Å². The molecule has 3 heteroatoms. The molecule has 3 rings (SSSR count). The van der Waals surface area contributed by atoms with Gasteiger partial charge in [0.2, 0.25) is 0 Å². The average Bonchev–Trinajstić information content (AvgIpc) is 2.53. The molecular formula is C17H25NO2. The van der Waals surface area contributed by atoms with Crippen LogP contribution < -0.4 is 14.8 Å². The van der Waals surface area contributed by atoms with Gasteiger partial charge in [0.1, 0.15) is 13.2 Å². The molecule has 0 saturated heterocycles. The van der Waals surface area contributed by atoms with Gasteiger partial charge >= 0.3 is 0 Å². The minimum absolute atomic E-state index is 0.658. The molecular weight excluding hydrogens is 250 g/mol. The highest BCUT2D eigenvalue weighted by Crippen LogP contribution is 2.34. The zero-order valence-electron chi connectivity index (χ0n) is 12.4. The Morgan fingerprint density at radius 3 is 2.70 bits per heavy atom. The van der Waals surface area contributed by atoms with Crippen molar-refractivity contribution in [1.29, 1.82) is 0 Å². The molecule has 1 heterocycles. The van der Waals surface area contributed by atoms with Crippen molar-refractivity contribution in [3.8, 4) is 11.5 Å². The van der Waals surface area contributed by atoms with Crippen LogP contribution in [-0.2, 0) is 6.54 Å². The molecule has 0 bridgehead atoms. The molecule has 1 N–H and O–H groups in total. The van der Waals surface area contributed by atoms with Gasteiger partial charge in [0, 0.05) is 18.2 Å². The van der Waals surface area contributed by atoms with Crippen molar-refractivity contribution < 1.29 is 9.47 Å². The van der Waals surface area contributed by atoms with E-state index in [0.717, 1.165) is 24.0 Å². The van der Waals surface area contributed by atoms with Crippen LogP contribution in [0.1, 0.15) is 44.6 Å². The maximum absolute atomic E-state index is 5.76.